The van der Waals surface area contributed by atoms with Crippen molar-refractivity contribution in [2.24, 2.45) is 4.99 Å². The second-order valence-electron chi connectivity index (χ2n) is 5.92. The number of nitrogens with two attached hydrogens (primary N) is 1. The minimum Gasteiger partial charge on any atom is -0.394 e. The molecule has 1 aromatic heterocycles. The largest absolute Gasteiger partial charge is 0.394 e. The van der Waals surface area contributed by atoms with Crippen molar-refractivity contribution < 1.29 is 4.79 Å². The van der Waals surface area contributed by atoms with Crippen LogP contribution in [0.1, 0.15) is 31.1 Å². The van der Waals surface area contributed by atoms with Gasteiger partial charge >= 0.3 is 0 Å². The van der Waals surface area contributed by atoms with Gasteiger partial charge in [-0.25, -0.2) is 4.99 Å². The SMILES string of the molecule is CC(C)(C)N=C(NC(=O)c1ccc(Cl)cc1)Nc1[nH]ncc1N. The molecule has 0 bridgehead atoms. The summed E-state index contributed by atoms with van der Waals surface area (Å²) < 4.78 is 0. The molecule has 0 aliphatic rings. The van der Waals surface area contributed by atoms with Gasteiger partial charge in [-0.1, -0.05) is 11.6 Å². The van der Waals surface area contributed by atoms with Crippen LogP contribution in [0.5, 0.6) is 0 Å². The molecule has 1 aromatic carbocycles. The number of aromatic nitrogens is 2. The number of rotatable bonds is 2. The van der Waals surface area contributed by atoms with Crippen molar-refractivity contribution in [1.82, 2.24) is 15.5 Å². The standard InChI is InChI=1S/C15H19ClN6O/c1-15(2,3)21-14(19-12-11(17)8-18-22-12)20-13(23)9-4-6-10(16)7-5-9/h4-8H,17H2,1-3H3,(H3,18,19,20,21,22,23). The lowest BCUT2D eigenvalue weighted by Gasteiger charge is -2.17. The second-order valence-corrected chi connectivity index (χ2v) is 6.35. The third kappa shape index (κ3) is 5.00. The number of carbonyl (C=O) groups excluding carboxylic acids is 1. The van der Waals surface area contributed by atoms with E-state index in [2.05, 4.69) is 25.8 Å². The molecule has 0 saturated heterocycles. The van der Waals surface area contributed by atoms with Crippen LogP contribution >= 0.6 is 11.6 Å². The summed E-state index contributed by atoms with van der Waals surface area (Å²) in [5, 5.41) is 12.8. The van der Waals surface area contributed by atoms with E-state index in [9.17, 15) is 4.79 Å². The molecule has 0 saturated carbocycles. The Kier molecular flexibility index (Phi) is 4.90. The zero-order valence-corrected chi connectivity index (χ0v) is 13.9. The van der Waals surface area contributed by atoms with E-state index >= 15 is 0 Å². The number of aliphatic imine (C=N–C) groups is 1. The average Bonchev–Trinajstić information content (AvgIpc) is 2.83. The van der Waals surface area contributed by atoms with Crippen LogP contribution in [0, 0.1) is 0 Å². The maximum absolute atomic E-state index is 12.3. The number of nitrogens with one attached hydrogen (secondary N) is 3. The highest BCUT2D eigenvalue weighted by Gasteiger charge is 2.15. The van der Waals surface area contributed by atoms with Gasteiger partial charge < -0.3 is 11.1 Å². The fourth-order valence-electron chi connectivity index (χ4n) is 1.72. The molecular formula is C15H19ClN6O. The topological polar surface area (TPSA) is 108 Å². The molecular weight excluding hydrogens is 316 g/mol. The van der Waals surface area contributed by atoms with Crippen molar-refractivity contribution in [2.75, 3.05) is 11.1 Å². The lowest BCUT2D eigenvalue weighted by molar-refractivity contribution is 0.0977. The van der Waals surface area contributed by atoms with Crippen LogP contribution in [-0.2, 0) is 0 Å². The first-order chi connectivity index (χ1) is 10.7. The summed E-state index contributed by atoms with van der Waals surface area (Å²) in [7, 11) is 0. The van der Waals surface area contributed by atoms with E-state index in [1.807, 2.05) is 20.8 Å². The van der Waals surface area contributed by atoms with Crippen LogP contribution in [0.15, 0.2) is 35.5 Å². The lowest BCUT2D eigenvalue weighted by Crippen LogP contribution is -2.38. The van der Waals surface area contributed by atoms with Crippen LogP contribution < -0.4 is 16.4 Å². The molecule has 0 aliphatic carbocycles. The van der Waals surface area contributed by atoms with Gasteiger partial charge in [0, 0.05) is 10.6 Å². The Bertz CT molecular complexity index is 714. The van der Waals surface area contributed by atoms with Crippen molar-refractivity contribution in [3.8, 4) is 0 Å². The zero-order chi connectivity index (χ0) is 17.0. The van der Waals surface area contributed by atoms with Crippen LogP contribution in [0.25, 0.3) is 0 Å². The number of hydrogen-bond donors (Lipinski definition) is 4. The smallest absolute Gasteiger partial charge is 0.257 e. The summed E-state index contributed by atoms with van der Waals surface area (Å²) in [5.74, 6) is 0.424. The van der Waals surface area contributed by atoms with Crippen molar-refractivity contribution in [1.29, 1.82) is 0 Å². The predicted octanol–water partition coefficient (Wildman–Crippen LogP) is 2.64. The van der Waals surface area contributed by atoms with Gasteiger partial charge in [0.05, 0.1) is 17.4 Å². The highest BCUT2D eigenvalue weighted by molar-refractivity contribution is 6.30. The van der Waals surface area contributed by atoms with Gasteiger partial charge in [-0.15, -0.1) is 0 Å². The number of H-pyrrole nitrogens is 1. The molecule has 0 atom stereocenters. The number of carbonyl (C=O) groups is 1. The Hall–Kier alpha value is -2.54. The Morgan fingerprint density at radius 3 is 2.48 bits per heavy atom. The second kappa shape index (κ2) is 6.70. The number of nitrogen functional groups attached to an aromatic ring is 1. The van der Waals surface area contributed by atoms with Crippen LogP contribution in [-0.4, -0.2) is 27.6 Å². The van der Waals surface area contributed by atoms with Gasteiger partial charge in [0.1, 0.15) is 0 Å². The molecule has 2 aromatic rings. The van der Waals surface area contributed by atoms with Gasteiger partial charge in [-0.2, -0.15) is 5.10 Å². The van der Waals surface area contributed by atoms with E-state index in [0.29, 0.717) is 22.1 Å². The number of guanidine groups is 1. The first kappa shape index (κ1) is 16.8. The van der Waals surface area contributed by atoms with Crippen molar-refractivity contribution in [2.45, 2.75) is 26.3 Å². The molecule has 0 fully saturated rings. The number of nitrogens with zero attached hydrogens (tertiary/aromatic N) is 2. The zero-order valence-electron chi connectivity index (χ0n) is 13.1. The van der Waals surface area contributed by atoms with Crippen LogP contribution in [0.3, 0.4) is 0 Å². The summed E-state index contributed by atoms with van der Waals surface area (Å²) in [6.07, 6.45) is 1.47. The van der Waals surface area contributed by atoms with Gasteiger partial charge in [0.2, 0.25) is 5.96 Å². The summed E-state index contributed by atoms with van der Waals surface area (Å²) in [6.45, 7) is 5.75. The minimum atomic E-state index is -0.398. The third-order valence-corrected chi connectivity index (χ3v) is 2.95. The van der Waals surface area contributed by atoms with Gasteiger partial charge in [-0.05, 0) is 45.0 Å². The number of halogens is 1. The molecule has 122 valence electrons. The molecule has 0 spiro atoms. The number of aromatic amines is 1. The molecule has 1 heterocycles. The van der Waals surface area contributed by atoms with Crippen LogP contribution in [0.2, 0.25) is 5.02 Å². The average molecular weight is 335 g/mol. The fourth-order valence-corrected chi connectivity index (χ4v) is 1.84. The molecule has 23 heavy (non-hydrogen) atoms. The molecule has 1 amide bonds. The van der Waals surface area contributed by atoms with Gasteiger partial charge in [0.15, 0.2) is 5.82 Å². The third-order valence-electron chi connectivity index (χ3n) is 2.70. The Balaban J connectivity index is 2.21. The molecule has 0 radical (unpaired) electrons. The number of amides is 1. The molecule has 0 unspecified atom stereocenters. The molecule has 2 rings (SSSR count). The molecule has 7 nitrogen and oxygen atoms in total. The van der Waals surface area contributed by atoms with Gasteiger partial charge in [0.25, 0.3) is 5.91 Å². The normalized spacial score (nSPS) is 12.1. The Morgan fingerprint density at radius 1 is 1.30 bits per heavy atom. The predicted molar refractivity (Wildman–Crippen MR) is 92.7 cm³/mol. The van der Waals surface area contributed by atoms with E-state index in [1.165, 1.54) is 6.20 Å². The van der Waals surface area contributed by atoms with Gasteiger partial charge in [-0.3, -0.25) is 15.2 Å². The fraction of sp³-hybridized carbons (Fsp3) is 0.267. The van der Waals surface area contributed by atoms with E-state index in [1.54, 1.807) is 24.3 Å². The summed E-state index contributed by atoms with van der Waals surface area (Å²) in [5.41, 5.74) is 6.27. The van der Waals surface area contributed by atoms with Crippen LogP contribution in [0.4, 0.5) is 11.5 Å². The van der Waals surface area contributed by atoms with Crippen molar-refractivity contribution in [3.05, 3.63) is 41.0 Å². The number of hydrogen-bond acceptors (Lipinski definition) is 4. The van der Waals surface area contributed by atoms with Crippen molar-refractivity contribution in [3.63, 3.8) is 0 Å². The maximum atomic E-state index is 12.3. The first-order valence-corrected chi connectivity index (χ1v) is 7.35. The first-order valence-electron chi connectivity index (χ1n) is 6.97. The Morgan fingerprint density at radius 2 is 1.96 bits per heavy atom. The van der Waals surface area contributed by atoms with Crippen molar-refractivity contribution >= 4 is 35.0 Å². The molecule has 0 aliphatic heterocycles. The van der Waals surface area contributed by atoms with E-state index < -0.39 is 5.54 Å². The molecule has 5 N–H and O–H groups in total. The van der Waals surface area contributed by atoms with E-state index in [4.69, 9.17) is 17.3 Å². The number of anilines is 2. The van der Waals surface area contributed by atoms with E-state index in [-0.39, 0.29) is 11.9 Å². The minimum absolute atomic E-state index is 0.272. The monoisotopic (exact) mass is 334 g/mol. The van der Waals surface area contributed by atoms with E-state index in [0.717, 1.165) is 0 Å². The quantitative estimate of drug-likeness (QED) is 0.500. The highest BCUT2D eigenvalue weighted by atomic mass is 35.5. The summed E-state index contributed by atoms with van der Waals surface area (Å²) in [4.78, 5) is 16.8. The maximum Gasteiger partial charge on any atom is 0.257 e. The highest BCUT2D eigenvalue weighted by Crippen LogP contribution is 2.14. The molecule has 8 heteroatoms. The number of benzene rings is 1. The lowest BCUT2D eigenvalue weighted by atomic mass is 10.1. The summed E-state index contributed by atoms with van der Waals surface area (Å²) in [6, 6.07) is 6.57. The summed E-state index contributed by atoms with van der Waals surface area (Å²) >= 11 is 5.83. The Labute approximate surface area is 139 Å².